The highest BCUT2D eigenvalue weighted by molar-refractivity contribution is 7.99. The molecule has 1 atom stereocenters. The van der Waals surface area contributed by atoms with Crippen LogP contribution in [-0.2, 0) is 4.74 Å². The van der Waals surface area contributed by atoms with Crippen LogP contribution < -0.4 is 10.1 Å². The molecule has 27 heavy (non-hydrogen) atoms. The Hall–Kier alpha value is -2.39. The molecule has 0 bridgehead atoms. The van der Waals surface area contributed by atoms with Crippen molar-refractivity contribution in [2.75, 3.05) is 25.5 Å². The molecule has 0 spiro atoms. The summed E-state index contributed by atoms with van der Waals surface area (Å²) in [5, 5.41) is 2.67. The summed E-state index contributed by atoms with van der Waals surface area (Å²) in [6.45, 7) is -2.32. The number of ether oxygens (including phenoxy) is 2. The van der Waals surface area contributed by atoms with E-state index in [0.29, 0.717) is 18.8 Å². The minimum absolute atomic E-state index is 0.139. The molecule has 0 saturated carbocycles. The maximum atomic E-state index is 12.2. The van der Waals surface area contributed by atoms with Crippen LogP contribution in [0.15, 0.2) is 52.4 Å². The number of likely N-dealkylation sites (tertiary alicyclic amines) is 1. The monoisotopic (exact) mass is 395 g/mol. The summed E-state index contributed by atoms with van der Waals surface area (Å²) in [6.07, 6.45) is 1.42. The molecule has 2 heterocycles. The zero-order chi connectivity index (χ0) is 19.2. The number of urea groups is 1. The molecule has 3 rings (SSSR count). The molecule has 1 saturated heterocycles. The van der Waals surface area contributed by atoms with Crippen molar-refractivity contribution in [1.29, 1.82) is 0 Å². The maximum Gasteiger partial charge on any atom is 0.345 e. The van der Waals surface area contributed by atoms with Gasteiger partial charge in [0, 0.05) is 29.1 Å². The van der Waals surface area contributed by atoms with Crippen LogP contribution in [0, 0.1) is 0 Å². The third kappa shape index (κ3) is 5.54. The predicted molar refractivity (Wildman–Crippen MR) is 97.4 cm³/mol. The molecule has 6 nitrogen and oxygen atoms in total. The Labute approximate surface area is 159 Å². The lowest BCUT2D eigenvalue weighted by atomic mass is 10.3. The maximum absolute atomic E-state index is 12.2. The first-order valence-corrected chi connectivity index (χ1v) is 9.12. The zero-order valence-electron chi connectivity index (χ0n) is 14.6. The largest absolute Gasteiger partial charge is 0.497 e. The molecule has 9 heteroatoms. The van der Waals surface area contributed by atoms with Crippen LogP contribution in [0.25, 0.3) is 0 Å². The van der Waals surface area contributed by atoms with E-state index >= 15 is 0 Å². The van der Waals surface area contributed by atoms with Crippen molar-refractivity contribution < 1.29 is 23.0 Å². The van der Waals surface area contributed by atoms with Gasteiger partial charge in [-0.3, -0.25) is 5.32 Å². The first-order chi connectivity index (χ1) is 13.0. The number of carbonyl (C=O) groups is 1. The number of anilines is 1. The number of alkyl halides is 2. The number of halogens is 2. The SMILES string of the molecule is COc1cccc(Sc2ccc(NC(=O)N3CC[C@@H](OC(F)F)C3)nc2)c1. The van der Waals surface area contributed by atoms with Crippen LogP contribution in [-0.4, -0.2) is 48.8 Å². The summed E-state index contributed by atoms with van der Waals surface area (Å²) < 4.78 is 34.1. The van der Waals surface area contributed by atoms with Crippen molar-refractivity contribution in [3.8, 4) is 5.75 Å². The third-order valence-electron chi connectivity index (χ3n) is 3.98. The topological polar surface area (TPSA) is 63.7 Å². The van der Waals surface area contributed by atoms with Crippen molar-refractivity contribution >= 4 is 23.6 Å². The van der Waals surface area contributed by atoms with Crippen LogP contribution in [0.5, 0.6) is 5.75 Å². The lowest BCUT2D eigenvalue weighted by Gasteiger charge is -2.17. The Morgan fingerprint density at radius 1 is 1.33 bits per heavy atom. The van der Waals surface area contributed by atoms with E-state index in [1.165, 1.54) is 16.7 Å². The molecular weight excluding hydrogens is 376 g/mol. The second kappa shape index (κ2) is 9.01. The predicted octanol–water partition coefficient (Wildman–Crippen LogP) is 4.09. The lowest BCUT2D eigenvalue weighted by Crippen LogP contribution is -2.34. The molecule has 1 aliphatic heterocycles. The molecule has 1 fully saturated rings. The van der Waals surface area contributed by atoms with E-state index in [9.17, 15) is 13.6 Å². The number of amides is 2. The van der Waals surface area contributed by atoms with Gasteiger partial charge in [0.05, 0.1) is 13.2 Å². The summed E-state index contributed by atoms with van der Waals surface area (Å²) in [5.74, 6) is 1.17. The molecule has 0 unspecified atom stereocenters. The molecule has 0 aliphatic carbocycles. The van der Waals surface area contributed by atoms with Gasteiger partial charge in [0.2, 0.25) is 0 Å². The summed E-state index contributed by atoms with van der Waals surface area (Å²) in [7, 11) is 1.62. The van der Waals surface area contributed by atoms with Crippen LogP contribution in [0.2, 0.25) is 0 Å². The van der Waals surface area contributed by atoms with E-state index in [0.717, 1.165) is 15.5 Å². The number of pyridine rings is 1. The van der Waals surface area contributed by atoms with Gasteiger partial charge >= 0.3 is 12.6 Å². The fraction of sp³-hybridized carbons (Fsp3) is 0.333. The van der Waals surface area contributed by atoms with Gasteiger partial charge in [0.25, 0.3) is 0 Å². The fourth-order valence-corrected chi connectivity index (χ4v) is 3.51. The zero-order valence-corrected chi connectivity index (χ0v) is 15.4. The number of carbonyl (C=O) groups excluding carboxylic acids is 1. The Morgan fingerprint density at radius 3 is 2.89 bits per heavy atom. The quantitative estimate of drug-likeness (QED) is 0.798. The van der Waals surface area contributed by atoms with Gasteiger partial charge in [-0.1, -0.05) is 17.8 Å². The molecule has 1 aromatic heterocycles. The normalized spacial score (nSPS) is 16.6. The summed E-state index contributed by atoms with van der Waals surface area (Å²) >= 11 is 1.52. The minimum Gasteiger partial charge on any atom is -0.497 e. The average molecular weight is 395 g/mol. The number of hydrogen-bond acceptors (Lipinski definition) is 5. The van der Waals surface area contributed by atoms with Gasteiger partial charge in [0.1, 0.15) is 11.6 Å². The third-order valence-corrected chi connectivity index (χ3v) is 4.94. The first-order valence-electron chi connectivity index (χ1n) is 8.31. The highest BCUT2D eigenvalue weighted by Gasteiger charge is 2.29. The number of nitrogens with one attached hydrogen (secondary N) is 1. The standard InChI is InChI=1S/C18H19F2N3O3S/c1-25-12-3-2-4-14(9-12)27-15-5-6-16(21-10-15)22-18(24)23-8-7-13(11-23)26-17(19)20/h2-6,9-10,13,17H,7-8,11H2,1H3,(H,21,22,24)/t13-/m1/s1. The average Bonchev–Trinajstić information content (AvgIpc) is 3.11. The van der Waals surface area contributed by atoms with Crippen LogP contribution >= 0.6 is 11.8 Å². The van der Waals surface area contributed by atoms with Crippen molar-refractivity contribution in [3.63, 3.8) is 0 Å². The smallest absolute Gasteiger partial charge is 0.345 e. The molecule has 1 aromatic carbocycles. The number of rotatable bonds is 6. The van der Waals surface area contributed by atoms with E-state index < -0.39 is 12.7 Å². The number of methoxy groups -OCH3 is 1. The number of benzene rings is 1. The van der Waals surface area contributed by atoms with E-state index in [4.69, 9.17) is 4.74 Å². The van der Waals surface area contributed by atoms with Crippen molar-refractivity contribution in [2.45, 2.75) is 28.9 Å². The molecule has 1 N–H and O–H groups in total. The summed E-state index contributed by atoms with van der Waals surface area (Å²) in [6, 6.07) is 10.8. The molecular formula is C18H19F2N3O3S. The Kier molecular flexibility index (Phi) is 6.46. The van der Waals surface area contributed by atoms with Gasteiger partial charge < -0.3 is 14.4 Å². The van der Waals surface area contributed by atoms with Crippen LogP contribution in [0.3, 0.4) is 0 Å². The number of nitrogens with zero attached hydrogens (tertiary/aromatic N) is 2. The number of aromatic nitrogens is 1. The Bertz CT molecular complexity index is 777. The summed E-state index contributed by atoms with van der Waals surface area (Å²) in [5.41, 5.74) is 0. The second-order valence-corrected chi connectivity index (χ2v) is 6.99. The van der Waals surface area contributed by atoms with Gasteiger partial charge in [-0.05, 0) is 36.8 Å². The molecule has 144 valence electrons. The fourth-order valence-electron chi connectivity index (χ4n) is 2.67. The Morgan fingerprint density at radius 2 is 2.19 bits per heavy atom. The molecule has 2 aromatic rings. The highest BCUT2D eigenvalue weighted by Crippen LogP contribution is 2.30. The summed E-state index contributed by atoms with van der Waals surface area (Å²) in [4.78, 5) is 19.8. The van der Waals surface area contributed by atoms with Crippen molar-refractivity contribution in [3.05, 3.63) is 42.6 Å². The van der Waals surface area contributed by atoms with E-state index in [2.05, 4.69) is 15.0 Å². The van der Waals surface area contributed by atoms with Crippen LogP contribution in [0.1, 0.15) is 6.42 Å². The van der Waals surface area contributed by atoms with Gasteiger partial charge in [0.15, 0.2) is 0 Å². The molecule has 2 amide bonds. The first kappa shape index (κ1) is 19.4. The second-order valence-electron chi connectivity index (χ2n) is 5.84. The number of hydrogen-bond donors (Lipinski definition) is 1. The molecule has 0 radical (unpaired) electrons. The van der Waals surface area contributed by atoms with Gasteiger partial charge in [-0.25, -0.2) is 9.78 Å². The van der Waals surface area contributed by atoms with Crippen molar-refractivity contribution in [2.24, 2.45) is 0 Å². The van der Waals surface area contributed by atoms with E-state index in [-0.39, 0.29) is 12.6 Å². The van der Waals surface area contributed by atoms with Gasteiger partial charge in [-0.2, -0.15) is 8.78 Å². The van der Waals surface area contributed by atoms with E-state index in [1.807, 2.05) is 30.3 Å². The molecule has 1 aliphatic rings. The van der Waals surface area contributed by atoms with Gasteiger partial charge in [-0.15, -0.1) is 0 Å². The van der Waals surface area contributed by atoms with E-state index in [1.54, 1.807) is 19.4 Å². The lowest BCUT2D eigenvalue weighted by molar-refractivity contribution is -0.158. The Balaban J connectivity index is 1.53. The highest BCUT2D eigenvalue weighted by atomic mass is 32.2. The van der Waals surface area contributed by atoms with Crippen molar-refractivity contribution in [1.82, 2.24) is 9.88 Å². The van der Waals surface area contributed by atoms with Crippen LogP contribution in [0.4, 0.5) is 19.4 Å². The minimum atomic E-state index is -2.82.